The summed E-state index contributed by atoms with van der Waals surface area (Å²) in [5, 5.41) is 37.9. The third-order valence-corrected chi connectivity index (χ3v) is 20.4. The summed E-state index contributed by atoms with van der Waals surface area (Å²) in [6, 6.07) is 22.4. The zero-order chi connectivity index (χ0) is 85.6. The van der Waals surface area contributed by atoms with Crippen molar-refractivity contribution in [3.05, 3.63) is 131 Å². The first-order valence-corrected chi connectivity index (χ1v) is 41.9. The van der Waals surface area contributed by atoms with Gasteiger partial charge in [0.15, 0.2) is 18.2 Å². The van der Waals surface area contributed by atoms with E-state index in [1.807, 2.05) is 37.3 Å². The highest BCUT2D eigenvalue weighted by atomic mass is 16.6. The van der Waals surface area contributed by atoms with Gasteiger partial charge in [0.2, 0.25) is 41.2 Å². The van der Waals surface area contributed by atoms with Crippen LogP contribution in [0.15, 0.2) is 109 Å². The number of nitrogens with one attached hydrogen (secondary N) is 10. The number of carbonyl (C=O) groups excluding carboxylic acids is 13. The highest BCUT2D eigenvalue weighted by molar-refractivity contribution is 6.38. The quantitative estimate of drug-likeness (QED) is 0.0177. The second-order valence-corrected chi connectivity index (χ2v) is 32.5. The lowest BCUT2D eigenvalue weighted by atomic mass is 9.83. The maximum absolute atomic E-state index is 14.2. The second-order valence-electron chi connectivity index (χ2n) is 32.5. The number of Topliss-reactive ketones (excluding diaryl/α,β-unsaturated/α-hetero) is 1. The van der Waals surface area contributed by atoms with Crippen LogP contribution in [0.4, 0.5) is 9.59 Å². The van der Waals surface area contributed by atoms with Crippen LogP contribution in [-0.2, 0) is 84.5 Å². The van der Waals surface area contributed by atoms with Gasteiger partial charge in [-0.2, -0.15) is 0 Å². The number of amides is 10. The molecule has 0 spiro atoms. The Balaban J connectivity index is 0.000000326. The standard InChI is InChI=1S/C44H63N5O10.C44H61N5O10/c2*1-5-17-33(38(51)41(54)45-28-35(50)48-37(31-21-12-9-13-22-31)42(55)59-44(2,3)4)46-39(52)34-27-29-18-16-23-32(26-29)57-24-14-6-7-15-25-58-43(56)49-36(40(53)47-34)30-19-10-8-11-20-30/h9,12-13,16,18,21-23,26,30,33-34,36-38,51H,5-8,10-11,14-15,17,19-20,24-25,27-28H2,1-4H3,(H,45,54)(H,46,52)(H,47,53)(H,48,50)(H,49,56);9,12-13,16,18,21-23,26,30,33-34,36-37H,5-8,10-11,14-15,17,19-20,24-25,27-28H2,1-4H3,(H,45,54)(H,46,52)(H,47,53)(H,48,50)(H,49,56)/t33?,34?,36?,37-,38?;33?,34?,36?,37-/m00/s1. The van der Waals surface area contributed by atoms with Gasteiger partial charge in [-0.25, -0.2) is 19.2 Å². The Morgan fingerprint density at radius 3 is 1.25 bits per heavy atom. The van der Waals surface area contributed by atoms with Crippen molar-refractivity contribution >= 4 is 77.2 Å². The fourth-order valence-electron chi connectivity index (χ4n) is 14.4. The monoisotopic (exact) mass is 1640 g/mol. The molecule has 4 aliphatic rings. The molecule has 30 nitrogen and oxygen atoms in total. The Labute approximate surface area is 692 Å². The highest BCUT2D eigenvalue weighted by Gasteiger charge is 2.40. The van der Waals surface area contributed by atoms with Gasteiger partial charge in [-0.1, -0.05) is 150 Å². The van der Waals surface area contributed by atoms with Crippen LogP contribution in [0.3, 0.4) is 0 Å². The lowest BCUT2D eigenvalue weighted by Crippen LogP contribution is -2.59. The van der Waals surface area contributed by atoms with Crippen LogP contribution in [0.5, 0.6) is 11.5 Å². The summed E-state index contributed by atoms with van der Waals surface area (Å²) >= 11 is 0. The Bertz CT molecular complexity index is 3930. The molecule has 4 aromatic carbocycles. The van der Waals surface area contributed by atoms with Crippen molar-refractivity contribution in [1.82, 2.24) is 53.2 Å². The molecule has 2 aliphatic heterocycles. The number of carbonyl (C=O) groups is 13. The van der Waals surface area contributed by atoms with E-state index in [4.69, 9.17) is 28.4 Å². The molecule has 4 aromatic rings. The normalized spacial score (nSPS) is 20.0. The number of benzene rings is 4. The predicted molar refractivity (Wildman–Crippen MR) is 439 cm³/mol. The van der Waals surface area contributed by atoms with Crippen LogP contribution in [0.1, 0.15) is 231 Å². The van der Waals surface area contributed by atoms with Crippen molar-refractivity contribution < 1.29 is 95.9 Å². The smallest absolute Gasteiger partial charge is 0.407 e. The molecule has 2 heterocycles. The predicted octanol–water partition coefficient (Wildman–Crippen LogP) is 8.81. The maximum Gasteiger partial charge on any atom is 0.407 e. The van der Waals surface area contributed by atoms with Gasteiger partial charge in [-0.05, 0) is 190 Å². The van der Waals surface area contributed by atoms with Gasteiger partial charge in [0.25, 0.3) is 11.8 Å². The van der Waals surface area contributed by atoms with Crippen LogP contribution in [-0.4, -0.2) is 175 Å². The minimum absolute atomic E-state index is 0.0102. The van der Waals surface area contributed by atoms with Crippen LogP contribution in [0.25, 0.3) is 0 Å². The van der Waals surface area contributed by atoms with E-state index < -0.39 is 156 Å². The molecule has 118 heavy (non-hydrogen) atoms. The molecule has 2 fully saturated rings. The molecular formula is C88H124N10O20. The van der Waals surface area contributed by atoms with E-state index in [0.717, 1.165) is 89.9 Å². The summed E-state index contributed by atoms with van der Waals surface area (Å²) in [4.78, 5) is 175. The fourth-order valence-corrected chi connectivity index (χ4v) is 14.4. The van der Waals surface area contributed by atoms with Crippen molar-refractivity contribution in [2.45, 2.75) is 275 Å². The first-order chi connectivity index (χ1) is 56.5. The molecule has 2 aliphatic carbocycles. The van der Waals surface area contributed by atoms with Crippen LogP contribution >= 0.6 is 0 Å². The number of cyclic esters (lactones) is 2. The van der Waals surface area contributed by atoms with Crippen molar-refractivity contribution in [1.29, 1.82) is 0 Å². The van der Waals surface area contributed by atoms with Crippen LogP contribution in [0.2, 0.25) is 0 Å². The molecule has 7 unspecified atom stereocenters. The minimum Gasteiger partial charge on any atom is -0.494 e. The van der Waals surface area contributed by atoms with Gasteiger partial charge in [-0.3, -0.25) is 43.2 Å². The number of aliphatic hydroxyl groups is 1. The Kier molecular flexibility index (Phi) is 39.2. The molecule has 0 aromatic heterocycles. The highest BCUT2D eigenvalue weighted by Crippen LogP contribution is 2.30. The number of esters is 2. The number of ether oxygens (including phenoxy) is 6. The third-order valence-electron chi connectivity index (χ3n) is 20.4. The van der Waals surface area contributed by atoms with Gasteiger partial charge in [-0.15, -0.1) is 0 Å². The average molecular weight is 1640 g/mol. The number of ketones is 1. The number of fused-ring (bicyclic) bond motifs is 4. The second kappa shape index (κ2) is 48.9. The van der Waals surface area contributed by atoms with E-state index in [2.05, 4.69) is 53.2 Å². The van der Waals surface area contributed by atoms with Crippen LogP contribution < -0.4 is 62.6 Å². The van der Waals surface area contributed by atoms with Gasteiger partial charge >= 0.3 is 24.1 Å². The number of aliphatic hydroxyl groups excluding tert-OH is 1. The third kappa shape index (κ3) is 33.4. The van der Waals surface area contributed by atoms with E-state index in [1.54, 1.807) is 127 Å². The molecule has 30 heteroatoms. The molecule has 4 bridgehead atoms. The van der Waals surface area contributed by atoms with Crippen LogP contribution in [0, 0.1) is 11.8 Å². The maximum atomic E-state index is 14.2. The largest absolute Gasteiger partial charge is 0.494 e. The summed E-state index contributed by atoms with van der Waals surface area (Å²) in [5.41, 5.74) is 0.661. The van der Waals surface area contributed by atoms with Crippen molar-refractivity contribution in [3.63, 3.8) is 0 Å². The molecule has 0 radical (unpaired) electrons. The zero-order valence-corrected chi connectivity index (χ0v) is 69.7. The molecule has 9 atom stereocenters. The van der Waals surface area contributed by atoms with Gasteiger partial charge < -0.3 is 86.7 Å². The van der Waals surface area contributed by atoms with E-state index in [1.165, 1.54) is 0 Å². The number of hydrogen-bond acceptors (Lipinski definition) is 20. The SMILES string of the molecule is CCCC(NC(=O)C1Cc2cccc(c2)OCCCCCCOC(=O)NC(C2CCCCC2)C(=O)N1)C(=O)C(=O)NCC(=O)N[C@H](C(=O)OC(C)(C)C)c1ccccc1.CCCC(NC(=O)C1Cc2cccc(c2)OCCCCCCOC(=O)NC(C2CCCCC2)C(=O)N1)C(O)C(=O)NCC(=O)N[C@H](C(=O)OC(C)(C)C)c1ccccc1. The van der Waals surface area contributed by atoms with Gasteiger partial charge in [0, 0.05) is 12.8 Å². The number of rotatable bonds is 24. The summed E-state index contributed by atoms with van der Waals surface area (Å²) < 4.78 is 33.8. The molecule has 646 valence electrons. The molecule has 10 amide bonds. The molecular weight excluding hydrogens is 1520 g/mol. The first-order valence-electron chi connectivity index (χ1n) is 41.9. The Morgan fingerprint density at radius 1 is 0.458 bits per heavy atom. The lowest BCUT2D eigenvalue weighted by Gasteiger charge is -2.32. The Hall–Kier alpha value is -10.7. The van der Waals surface area contributed by atoms with E-state index in [-0.39, 0.29) is 50.7 Å². The van der Waals surface area contributed by atoms with E-state index >= 15 is 0 Å². The zero-order valence-electron chi connectivity index (χ0n) is 69.7. The molecule has 8 rings (SSSR count). The topological polar surface area (TPSA) is 418 Å². The van der Waals surface area contributed by atoms with Crippen molar-refractivity contribution in [2.75, 3.05) is 39.5 Å². The van der Waals surface area contributed by atoms with E-state index in [0.29, 0.717) is 85.5 Å². The first kappa shape index (κ1) is 94.5. The number of alkyl carbamates (subject to hydrolysis) is 2. The summed E-state index contributed by atoms with van der Waals surface area (Å²) in [6.07, 6.45) is 12.9. The molecule has 2 saturated carbocycles. The summed E-state index contributed by atoms with van der Waals surface area (Å²) in [5.74, 6) is -7.49. The van der Waals surface area contributed by atoms with Crippen molar-refractivity contribution in [2.24, 2.45) is 11.8 Å². The van der Waals surface area contributed by atoms with Crippen molar-refractivity contribution in [3.8, 4) is 11.5 Å². The number of hydrogen-bond donors (Lipinski definition) is 11. The molecule has 0 saturated heterocycles. The van der Waals surface area contributed by atoms with E-state index in [9.17, 15) is 67.4 Å². The average Bonchev–Trinajstić information content (AvgIpc) is 0.830. The summed E-state index contributed by atoms with van der Waals surface area (Å²) in [7, 11) is 0. The Morgan fingerprint density at radius 2 is 0.847 bits per heavy atom. The minimum atomic E-state index is -1.78. The fraction of sp³-hybridized carbons (Fsp3) is 0.580. The summed E-state index contributed by atoms with van der Waals surface area (Å²) in [6.45, 7) is 13.9. The molecule has 11 N–H and O–H groups in total. The lowest BCUT2D eigenvalue weighted by molar-refractivity contribution is -0.159. The van der Waals surface area contributed by atoms with Gasteiger partial charge in [0.05, 0.1) is 51.6 Å². The van der Waals surface area contributed by atoms with Gasteiger partial charge in [0.1, 0.15) is 46.9 Å².